The van der Waals surface area contributed by atoms with Crippen LogP contribution in [0.1, 0.15) is 52.1 Å². The summed E-state index contributed by atoms with van der Waals surface area (Å²) in [5.74, 6) is -0.186. The summed E-state index contributed by atoms with van der Waals surface area (Å²) in [5, 5.41) is 7.46. The van der Waals surface area contributed by atoms with Crippen LogP contribution in [-0.2, 0) is 4.79 Å². The van der Waals surface area contributed by atoms with E-state index in [1.807, 2.05) is 36.4 Å². The van der Waals surface area contributed by atoms with E-state index in [4.69, 9.17) is 4.52 Å². The smallest absolute Gasteiger partial charge is 0.259 e. The predicted molar refractivity (Wildman–Crippen MR) is 104 cm³/mol. The van der Waals surface area contributed by atoms with E-state index in [1.54, 1.807) is 21.0 Å². The third-order valence-corrected chi connectivity index (χ3v) is 4.97. The number of pyridine rings is 1. The minimum atomic E-state index is -0.781. The van der Waals surface area contributed by atoms with Gasteiger partial charge in [-0.15, -0.1) is 0 Å². The van der Waals surface area contributed by atoms with Gasteiger partial charge in [-0.25, -0.2) is 4.98 Å². The number of carbonyl (C=O) groups is 2. The fraction of sp³-hybridized carbons (Fsp3) is 0.333. The van der Waals surface area contributed by atoms with Crippen LogP contribution in [0.15, 0.2) is 40.9 Å². The number of nitrogens with one attached hydrogen (secondary N) is 1. The Morgan fingerprint density at radius 3 is 2.57 bits per heavy atom. The molecule has 144 valence electrons. The van der Waals surface area contributed by atoms with Gasteiger partial charge in [0.2, 0.25) is 5.91 Å². The highest BCUT2D eigenvalue weighted by atomic mass is 16.5. The number of carbonyl (C=O) groups excluding carboxylic acids is 2. The van der Waals surface area contributed by atoms with Crippen molar-refractivity contribution in [1.82, 2.24) is 20.4 Å². The number of amides is 2. The number of hydrogen-bond acceptors (Lipinski definition) is 5. The van der Waals surface area contributed by atoms with Crippen molar-refractivity contribution in [3.8, 4) is 0 Å². The zero-order valence-corrected chi connectivity index (χ0v) is 16.1. The molecule has 0 saturated heterocycles. The van der Waals surface area contributed by atoms with E-state index in [0.29, 0.717) is 28.3 Å². The van der Waals surface area contributed by atoms with E-state index in [9.17, 15) is 9.59 Å². The SMILES string of the molecule is Cc1noc2nc(C3CC3)cc(C(=O)NC(C(=O)N(C)C)c3ccccc3)c12. The lowest BCUT2D eigenvalue weighted by atomic mass is 10.0. The van der Waals surface area contributed by atoms with Crippen molar-refractivity contribution in [2.45, 2.75) is 31.7 Å². The molecule has 1 aromatic carbocycles. The zero-order chi connectivity index (χ0) is 19.8. The highest BCUT2D eigenvalue weighted by molar-refractivity contribution is 6.07. The summed E-state index contributed by atoms with van der Waals surface area (Å²) >= 11 is 0. The molecule has 2 heterocycles. The third-order valence-electron chi connectivity index (χ3n) is 4.97. The minimum absolute atomic E-state index is 0.200. The first-order valence-electron chi connectivity index (χ1n) is 9.29. The number of likely N-dealkylation sites (N-methyl/N-ethyl adjacent to an activating group) is 1. The van der Waals surface area contributed by atoms with Gasteiger partial charge in [-0.1, -0.05) is 35.5 Å². The molecule has 0 aliphatic heterocycles. The summed E-state index contributed by atoms with van der Waals surface area (Å²) < 4.78 is 5.32. The van der Waals surface area contributed by atoms with Gasteiger partial charge in [0.05, 0.1) is 16.6 Å². The molecule has 1 unspecified atom stereocenters. The Kier molecular flexibility index (Phi) is 4.58. The van der Waals surface area contributed by atoms with E-state index < -0.39 is 6.04 Å². The van der Waals surface area contributed by atoms with E-state index in [-0.39, 0.29) is 11.8 Å². The van der Waals surface area contributed by atoms with Gasteiger partial charge in [-0.05, 0) is 31.4 Å². The number of nitrogens with zero attached hydrogens (tertiary/aromatic N) is 3. The second-order valence-corrected chi connectivity index (χ2v) is 7.37. The minimum Gasteiger partial charge on any atom is -0.347 e. The van der Waals surface area contributed by atoms with Crippen LogP contribution in [0.5, 0.6) is 0 Å². The van der Waals surface area contributed by atoms with Gasteiger partial charge in [-0.3, -0.25) is 9.59 Å². The van der Waals surface area contributed by atoms with Crippen molar-refractivity contribution < 1.29 is 14.1 Å². The average Bonchev–Trinajstić information content (AvgIpc) is 3.49. The molecule has 1 aliphatic carbocycles. The van der Waals surface area contributed by atoms with Crippen molar-refractivity contribution in [2.75, 3.05) is 14.1 Å². The fourth-order valence-corrected chi connectivity index (χ4v) is 3.28. The molecule has 1 saturated carbocycles. The molecule has 4 rings (SSSR count). The van der Waals surface area contributed by atoms with E-state index in [0.717, 1.165) is 24.1 Å². The van der Waals surface area contributed by atoms with Gasteiger partial charge < -0.3 is 14.7 Å². The monoisotopic (exact) mass is 378 g/mol. The van der Waals surface area contributed by atoms with Crippen LogP contribution in [0.2, 0.25) is 0 Å². The molecule has 1 fully saturated rings. The molecule has 0 radical (unpaired) electrons. The van der Waals surface area contributed by atoms with Crippen LogP contribution >= 0.6 is 0 Å². The topological polar surface area (TPSA) is 88.3 Å². The highest BCUT2D eigenvalue weighted by Gasteiger charge is 2.30. The maximum Gasteiger partial charge on any atom is 0.259 e. The van der Waals surface area contributed by atoms with Crippen LogP contribution < -0.4 is 5.32 Å². The van der Waals surface area contributed by atoms with Gasteiger partial charge in [0.25, 0.3) is 11.6 Å². The summed E-state index contributed by atoms with van der Waals surface area (Å²) in [7, 11) is 3.34. The molecule has 0 bridgehead atoms. The number of rotatable bonds is 5. The van der Waals surface area contributed by atoms with Crippen molar-refractivity contribution >= 4 is 22.9 Å². The Labute approximate surface area is 162 Å². The number of hydrogen-bond donors (Lipinski definition) is 1. The first-order valence-corrected chi connectivity index (χ1v) is 9.29. The van der Waals surface area contributed by atoms with Crippen molar-refractivity contribution in [3.05, 3.63) is 58.9 Å². The Hall–Kier alpha value is -3.22. The lowest BCUT2D eigenvalue weighted by molar-refractivity contribution is -0.130. The average molecular weight is 378 g/mol. The van der Waals surface area contributed by atoms with Crippen molar-refractivity contribution in [2.24, 2.45) is 0 Å². The molecule has 7 heteroatoms. The molecule has 0 spiro atoms. The predicted octanol–water partition coefficient (Wildman–Crippen LogP) is 2.97. The molecule has 28 heavy (non-hydrogen) atoms. The van der Waals surface area contributed by atoms with Crippen LogP contribution in [-0.4, -0.2) is 41.0 Å². The first kappa shape index (κ1) is 18.2. The molecular formula is C21H22N4O3. The molecule has 1 N–H and O–H groups in total. The number of fused-ring (bicyclic) bond motifs is 1. The molecule has 2 amide bonds. The molecular weight excluding hydrogens is 356 g/mol. The molecule has 1 atom stereocenters. The Morgan fingerprint density at radius 1 is 1.21 bits per heavy atom. The van der Waals surface area contributed by atoms with Crippen LogP contribution in [0.3, 0.4) is 0 Å². The van der Waals surface area contributed by atoms with Crippen LogP contribution in [0, 0.1) is 6.92 Å². The van der Waals surface area contributed by atoms with Crippen molar-refractivity contribution in [3.63, 3.8) is 0 Å². The van der Waals surface area contributed by atoms with Gasteiger partial charge in [0.1, 0.15) is 6.04 Å². The van der Waals surface area contributed by atoms with Gasteiger partial charge in [0.15, 0.2) is 0 Å². The summed E-state index contributed by atoms with van der Waals surface area (Å²) in [4.78, 5) is 32.0. The summed E-state index contributed by atoms with van der Waals surface area (Å²) in [6, 6.07) is 10.2. The lowest BCUT2D eigenvalue weighted by Crippen LogP contribution is -2.40. The second kappa shape index (κ2) is 7.07. The molecule has 2 aromatic heterocycles. The second-order valence-electron chi connectivity index (χ2n) is 7.37. The van der Waals surface area contributed by atoms with E-state index >= 15 is 0 Å². The molecule has 3 aromatic rings. The third kappa shape index (κ3) is 3.35. The van der Waals surface area contributed by atoms with Gasteiger partial charge in [0, 0.05) is 25.7 Å². The highest BCUT2D eigenvalue weighted by Crippen LogP contribution is 2.40. The largest absolute Gasteiger partial charge is 0.347 e. The number of benzene rings is 1. The van der Waals surface area contributed by atoms with Crippen LogP contribution in [0.25, 0.3) is 11.1 Å². The number of aromatic nitrogens is 2. The normalized spacial score (nSPS) is 14.7. The first-order chi connectivity index (χ1) is 13.5. The van der Waals surface area contributed by atoms with E-state index in [2.05, 4.69) is 15.5 Å². The summed E-state index contributed by atoms with van der Waals surface area (Å²) in [5.41, 5.74) is 2.97. The Bertz CT molecular complexity index is 1040. The Balaban J connectivity index is 1.73. The summed E-state index contributed by atoms with van der Waals surface area (Å²) in [6.45, 7) is 1.78. The maximum absolute atomic E-state index is 13.2. The maximum atomic E-state index is 13.2. The molecule has 1 aliphatic rings. The zero-order valence-electron chi connectivity index (χ0n) is 16.1. The number of aryl methyl sites for hydroxylation is 1. The van der Waals surface area contributed by atoms with E-state index in [1.165, 1.54) is 4.90 Å². The quantitative estimate of drug-likeness (QED) is 0.737. The summed E-state index contributed by atoms with van der Waals surface area (Å²) in [6.07, 6.45) is 2.11. The Morgan fingerprint density at radius 2 is 1.93 bits per heavy atom. The van der Waals surface area contributed by atoms with Crippen LogP contribution in [0.4, 0.5) is 0 Å². The van der Waals surface area contributed by atoms with Gasteiger partial charge >= 0.3 is 0 Å². The fourth-order valence-electron chi connectivity index (χ4n) is 3.28. The van der Waals surface area contributed by atoms with Crippen molar-refractivity contribution in [1.29, 1.82) is 0 Å². The standard InChI is InChI=1S/C21H22N4O3/c1-12-17-15(11-16(13-9-10-13)22-20(17)28-24-12)19(26)23-18(21(27)25(2)3)14-7-5-4-6-8-14/h4-8,11,13,18H,9-10H2,1-3H3,(H,23,26). The lowest BCUT2D eigenvalue weighted by Gasteiger charge is -2.22. The van der Waals surface area contributed by atoms with Gasteiger partial charge in [-0.2, -0.15) is 0 Å². The molecule has 7 nitrogen and oxygen atoms in total.